The van der Waals surface area contributed by atoms with Gasteiger partial charge in [0.05, 0.1) is 16.5 Å². The molecule has 176 valence electrons. The van der Waals surface area contributed by atoms with Gasteiger partial charge < -0.3 is 10.1 Å². The van der Waals surface area contributed by atoms with Crippen molar-refractivity contribution in [1.29, 1.82) is 0 Å². The second kappa shape index (κ2) is 10.0. The molecule has 0 saturated carbocycles. The number of benzene rings is 3. The van der Waals surface area contributed by atoms with Crippen LogP contribution in [0.4, 0.5) is 10.1 Å². The molecule has 1 amide bonds. The highest BCUT2D eigenvalue weighted by atomic mass is 32.2. The summed E-state index contributed by atoms with van der Waals surface area (Å²) in [5.41, 5.74) is 2.43. The largest absolute Gasteiger partial charge is 0.452 e. The molecule has 0 saturated heterocycles. The van der Waals surface area contributed by atoms with Crippen molar-refractivity contribution in [3.05, 3.63) is 95.3 Å². The third kappa shape index (κ3) is 5.60. The van der Waals surface area contributed by atoms with Crippen LogP contribution in [0.5, 0.6) is 0 Å². The summed E-state index contributed by atoms with van der Waals surface area (Å²) in [5, 5.41) is 2.90. The Morgan fingerprint density at radius 2 is 1.76 bits per heavy atom. The molecule has 34 heavy (non-hydrogen) atoms. The number of hydrogen-bond donors (Lipinski definition) is 2. The molecule has 0 radical (unpaired) electrons. The molecule has 7 nitrogen and oxygen atoms in total. The van der Waals surface area contributed by atoms with Gasteiger partial charge >= 0.3 is 5.97 Å². The number of ether oxygens (including phenoxy) is 1. The summed E-state index contributed by atoms with van der Waals surface area (Å²) in [6, 6.07) is 17.9. The average Bonchev–Trinajstić information content (AvgIpc) is 2.84. The Balaban J connectivity index is 1.37. The molecule has 2 N–H and O–H groups in total. The van der Waals surface area contributed by atoms with Gasteiger partial charge in [0, 0.05) is 5.69 Å². The fraction of sp³-hybridized carbons (Fsp3) is 0.200. The third-order valence-electron chi connectivity index (χ3n) is 5.52. The maximum Gasteiger partial charge on any atom is 0.338 e. The first kappa shape index (κ1) is 23.4. The first-order valence-corrected chi connectivity index (χ1v) is 12.2. The number of halogens is 1. The molecule has 0 bridgehead atoms. The Bertz CT molecular complexity index is 1310. The minimum atomic E-state index is -4.02. The highest BCUT2D eigenvalue weighted by molar-refractivity contribution is 7.92. The lowest BCUT2D eigenvalue weighted by atomic mass is 9.88. The number of aryl methyl sites for hydroxylation is 1. The molecule has 1 atom stereocenters. The quantitative estimate of drug-likeness (QED) is 0.496. The SMILES string of the molecule is O=C(COC(=O)c1cccc(S(=O)(=O)Nc2ccc(F)cc2)c1)N[C@H]1CCCc2ccccc21. The average molecular weight is 483 g/mol. The van der Waals surface area contributed by atoms with Crippen molar-refractivity contribution in [3.63, 3.8) is 0 Å². The van der Waals surface area contributed by atoms with Gasteiger partial charge in [-0.2, -0.15) is 0 Å². The Morgan fingerprint density at radius 1 is 1.00 bits per heavy atom. The van der Waals surface area contributed by atoms with Gasteiger partial charge in [0.15, 0.2) is 6.61 Å². The molecule has 0 heterocycles. The Hall–Kier alpha value is -3.72. The number of anilines is 1. The van der Waals surface area contributed by atoms with Crippen molar-refractivity contribution < 1.29 is 27.1 Å². The number of fused-ring (bicyclic) bond motifs is 1. The first-order chi connectivity index (χ1) is 16.3. The standard InChI is InChI=1S/C25H23FN2O5S/c26-19-11-13-20(14-12-19)28-34(31,32)21-8-3-7-18(15-21)25(30)33-16-24(29)27-23-10-4-6-17-5-1-2-9-22(17)23/h1-3,5,7-9,11-15,23,28H,4,6,10,16H2,(H,27,29)/t23-/m0/s1. The minimum absolute atomic E-state index is 0.0159. The second-order valence-corrected chi connectivity index (χ2v) is 9.61. The molecule has 0 fully saturated rings. The smallest absolute Gasteiger partial charge is 0.338 e. The van der Waals surface area contributed by atoms with Crippen molar-refractivity contribution in [2.24, 2.45) is 0 Å². The first-order valence-electron chi connectivity index (χ1n) is 10.7. The molecular formula is C25H23FN2O5S. The van der Waals surface area contributed by atoms with E-state index in [9.17, 15) is 22.4 Å². The van der Waals surface area contributed by atoms with E-state index in [1.165, 1.54) is 35.9 Å². The molecule has 3 aromatic rings. The van der Waals surface area contributed by atoms with Crippen molar-refractivity contribution in [1.82, 2.24) is 5.32 Å². The van der Waals surface area contributed by atoms with Gasteiger partial charge in [-0.3, -0.25) is 9.52 Å². The highest BCUT2D eigenvalue weighted by Crippen LogP contribution is 2.29. The molecular weight excluding hydrogens is 459 g/mol. The van der Waals surface area contributed by atoms with E-state index in [-0.39, 0.29) is 22.2 Å². The van der Waals surface area contributed by atoms with E-state index < -0.39 is 34.3 Å². The van der Waals surface area contributed by atoms with Crippen LogP contribution >= 0.6 is 0 Å². The van der Waals surface area contributed by atoms with Crippen LogP contribution in [-0.2, 0) is 26.0 Å². The zero-order valence-corrected chi connectivity index (χ0v) is 19.0. The van der Waals surface area contributed by atoms with Crippen LogP contribution < -0.4 is 10.0 Å². The number of sulfonamides is 1. The highest BCUT2D eigenvalue weighted by Gasteiger charge is 2.22. The molecule has 1 aliphatic rings. The predicted octanol–water partition coefficient (Wildman–Crippen LogP) is 3.98. The van der Waals surface area contributed by atoms with E-state index >= 15 is 0 Å². The number of amides is 1. The molecule has 4 rings (SSSR count). The van der Waals surface area contributed by atoms with Gasteiger partial charge in [0.1, 0.15) is 5.82 Å². The number of carbonyl (C=O) groups excluding carboxylic acids is 2. The van der Waals surface area contributed by atoms with Crippen molar-refractivity contribution in [2.75, 3.05) is 11.3 Å². The zero-order valence-electron chi connectivity index (χ0n) is 18.2. The summed E-state index contributed by atoms with van der Waals surface area (Å²) in [7, 11) is -4.02. The van der Waals surface area contributed by atoms with E-state index in [1.807, 2.05) is 24.3 Å². The summed E-state index contributed by atoms with van der Waals surface area (Å²) in [6.45, 7) is -0.484. The van der Waals surface area contributed by atoms with Gasteiger partial charge in [-0.25, -0.2) is 17.6 Å². The van der Waals surface area contributed by atoms with Crippen LogP contribution in [0.1, 0.15) is 40.4 Å². The number of nitrogens with one attached hydrogen (secondary N) is 2. The second-order valence-electron chi connectivity index (χ2n) is 7.93. The van der Waals surface area contributed by atoms with E-state index in [1.54, 1.807) is 0 Å². The summed E-state index contributed by atoms with van der Waals surface area (Å²) in [5.74, 6) is -1.75. The van der Waals surface area contributed by atoms with Crippen molar-refractivity contribution >= 4 is 27.6 Å². The van der Waals surface area contributed by atoms with Crippen LogP contribution in [0.2, 0.25) is 0 Å². The molecule has 1 aliphatic carbocycles. The maximum absolute atomic E-state index is 13.1. The van der Waals surface area contributed by atoms with E-state index in [0.717, 1.165) is 43.0 Å². The zero-order chi connectivity index (χ0) is 24.1. The van der Waals surface area contributed by atoms with Gasteiger partial charge in [0.25, 0.3) is 15.9 Å². The van der Waals surface area contributed by atoms with E-state index in [4.69, 9.17) is 4.74 Å². The summed E-state index contributed by atoms with van der Waals surface area (Å²) >= 11 is 0. The number of carbonyl (C=O) groups is 2. The van der Waals surface area contributed by atoms with Gasteiger partial charge in [-0.1, -0.05) is 30.3 Å². The van der Waals surface area contributed by atoms with Gasteiger partial charge in [-0.15, -0.1) is 0 Å². The van der Waals surface area contributed by atoms with Crippen LogP contribution in [-0.4, -0.2) is 26.9 Å². The lowest BCUT2D eigenvalue weighted by molar-refractivity contribution is -0.125. The van der Waals surface area contributed by atoms with E-state index in [0.29, 0.717) is 0 Å². The molecule has 0 aromatic heterocycles. The lowest BCUT2D eigenvalue weighted by Gasteiger charge is -2.26. The minimum Gasteiger partial charge on any atom is -0.452 e. The Kier molecular flexibility index (Phi) is 6.93. The van der Waals surface area contributed by atoms with Crippen LogP contribution in [0.25, 0.3) is 0 Å². The third-order valence-corrected chi connectivity index (χ3v) is 6.89. The predicted molar refractivity (Wildman–Crippen MR) is 124 cm³/mol. The van der Waals surface area contributed by atoms with Crippen molar-refractivity contribution in [3.8, 4) is 0 Å². The number of rotatable bonds is 7. The Morgan fingerprint density at radius 3 is 2.56 bits per heavy atom. The van der Waals surface area contributed by atoms with Gasteiger partial charge in [-0.05, 0) is 72.9 Å². The van der Waals surface area contributed by atoms with Crippen LogP contribution in [0.3, 0.4) is 0 Å². The summed E-state index contributed by atoms with van der Waals surface area (Å²) < 4.78 is 45.7. The van der Waals surface area contributed by atoms with Gasteiger partial charge in [0.2, 0.25) is 0 Å². The Labute approximate surface area is 197 Å². The molecule has 0 spiro atoms. The molecule has 3 aromatic carbocycles. The lowest BCUT2D eigenvalue weighted by Crippen LogP contribution is -2.34. The number of esters is 1. The summed E-state index contributed by atoms with van der Waals surface area (Å²) in [6.07, 6.45) is 2.72. The fourth-order valence-corrected chi connectivity index (χ4v) is 4.98. The van der Waals surface area contributed by atoms with Crippen LogP contribution in [0.15, 0.2) is 77.7 Å². The summed E-state index contributed by atoms with van der Waals surface area (Å²) in [4.78, 5) is 24.7. The number of hydrogen-bond acceptors (Lipinski definition) is 5. The monoisotopic (exact) mass is 482 g/mol. The van der Waals surface area contributed by atoms with E-state index in [2.05, 4.69) is 10.0 Å². The maximum atomic E-state index is 13.1. The van der Waals surface area contributed by atoms with Crippen molar-refractivity contribution in [2.45, 2.75) is 30.2 Å². The normalized spacial score (nSPS) is 15.1. The van der Waals surface area contributed by atoms with Crippen LogP contribution in [0, 0.1) is 5.82 Å². The molecule has 0 unspecified atom stereocenters. The fourth-order valence-electron chi connectivity index (χ4n) is 3.88. The topological polar surface area (TPSA) is 102 Å². The molecule has 0 aliphatic heterocycles. The molecule has 9 heteroatoms.